The van der Waals surface area contributed by atoms with Crippen molar-refractivity contribution in [2.24, 2.45) is 0 Å². The van der Waals surface area contributed by atoms with E-state index in [0.717, 1.165) is 12.2 Å². The van der Waals surface area contributed by atoms with Crippen LogP contribution in [-0.4, -0.2) is 41.0 Å². The fourth-order valence-corrected chi connectivity index (χ4v) is 2.59. The number of hydrogen-bond donors (Lipinski definition) is 2. The second kappa shape index (κ2) is 6.26. The van der Waals surface area contributed by atoms with Gasteiger partial charge in [0.25, 0.3) is 0 Å². The average Bonchev–Trinajstić information content (AvgIpc) is 2.87. The second-order valence-electron chi connectivity index (χ2n) is 7.29. The van der Waals surface area contributed by atoms with Crippen LogP contribution in [0.3, 0.4) is 0 Å². The molecule has 1 unspecified atom stereocenters. The maximum absolute atomic E-state index is 10.3. The van der Waals surface area contributed by atoms with E-state index in [0.29, 0.717) is 11.7 Å². The Morgan fingerprint density at radius 2 is 2.00 bits per heavy atom. The van der Waals surface area contributed by atoms with E-state index in [9.17, 15) is 10.1 Å². The molecule has 1 atom stereocenters. The highest BCUT2D eigenvalue weighted by Gasteiger charge is 2.40. The zero-order valence-corrected chi connectivity index (χ0v) is 14.3. The standard InChI is InChI=1S/C16H28BNO4/c1-12-8-6-7-9-18(12)13-10-14(21-11-13)17(20)22-16(4,5)15(2,3)19/h10-12,19-20H,6-9H2,1-5H3. The fourth-order valence-electron chi connectivity index (χ4n) is 2.59. The predicted octanol–water partition coefficient (Wildman–Crippen LogP) is 1.91. The molecular weight excluding hydrogens is 281 g/mol. The lowest BCUT2D eigenvalue weighted by atomic mass is 9.81. The van der Waals surface area contributed by atoms with Crippen LogP contribution in [0.2, 0.25) is 0 Å². The first-order valence-corrected chi connectivity index (χ1v) is 8.05. The van der Waals surface area contributed by atoms with E-state index in [4.69, 9.17) is 9.07 Å². The number of aliphatic hydroxyl groups is 1. The summed E-state index contributed by atoms with van der Waals surface area (Å²) in [5.41, 5.74) is -0.640. The Labute approximate surface area is 133 Å². The average molecular weight is 309 g/mol. The molecule has 5 nitrogen and oxygen atoms in total. The summed E-state index contributed by atoms with van der Waals surface area (Å²) in [4.78, 5) is 2.30. The Hall–Kier alpha value is -0.975. The molecule has 0 aromatic carbocycles. The van der Waals surface area contributed by atoms with E-state index in [2.05, 4.69) is 11.8 Å². The molecule has 1 aliphatic rings. The minimum Gasteiger partial charge on any atom is -0.471 e. The number of furan rings is 1. The Kier molecular flexibility index (Phi) is 4.95. The number of nitrogens with zero attached hydrogens (tertiary/aromatic N) is 1. The Morgan fingerprint density at radius 1 is 1.32 bits per heavy atom. The maximum Gasteiger partial charge on any atom is 0.529 e. The van der Waals surface area contributed by atoms with Gasteiger partial charge in [-0.15, -0.1) is 0 Å². The summed E-state index contributed by atoms with van der Waals surface area (Å²) >= 11 is 0. The SMILES string of the molecule is CC1CCCCN1c1coc(B(O)OC(C)(C)C(C)(C)O)c1. The molecule has 124 valence electrons. The van der Waals surface area contributed by atoms with Crippen LogP contribution >= 0.6 is 0 Å². The lowest BCUT2D eigenvalue weighted by Gasteiger charge is -2.38. The first-order valence-electron chi connectivity index (χ1n) is 8.05. The quantitative estimate of drug-likeness (QED) is 0.813. The van der Waals surface area contributed by atoms with E-state index in [1.807, 2.05) is 6.07 Å². The highest BCUT2D eigenvalue weighted by Crippen LogP contribution is 2.27. The highest BCUT2D eigenvalue weighted by atomic mass is 16.6. The Morgan fingerprint density at radius 3 is 2.59 bits per heavy atom. The van der Waals surface area contributed by atoms with Crippen LogP contribution in [0.5, 0.6) is 0 Å². The highest BCUT2D eigenvalue weighted by molar-refractivity contribution is 6.58. The van der Waals surface area contributed by atoms with Gasteiger partial charge in [0.2, 0.25) is 0 Å². The number of hydrogen-bond acceptors (Lipinski definition) is 5. The van der Waals surface area contributed by atoms with Gasteiger partial charge >= 0.3 is 7.12 Å². The molecule has 6 heteroatoms. The van der Waals surface area contributed by atoms with Gasteiger partial charge in [-0.1, -0.05) is 0 Å². The molecule has 1 aliphatic heterocycles. The second-order valence-corrected chi connectivity index (χ2v) is 7.29. The first kappa shape index (κ1) is 17.4. The molecule has 2 N–H and O–H groups in total. The molecule has 1 aromatic heterocycles. The topological polar surface area (TPSA) is 66.1 Å². The van der Waals surface area contributed by atoms with E-state index in [-0.39, 0.29) is 0 Å². The van der Waals surface area contributed by atoms with Gasteiger partial charge in [0, 0.05) is 12.6 Å². The van der Waals surface area contributed by atoms with Gasteiger partial charge in [-0.05, 0) is 59.9 Å². The van der Waals surface area contributed by atoms with E-state index >= 15 is 0 Å². The summed E-state index contributed by atoms with van der Waals surface area (Å²) in [6.07, 6.45) is 5.27. The maximum atomic E-state index is 10.3. The molecule has 1 aromatic rings. The summed E-state index contributed by atoms with van der Waals surface area (Å²) in [5.74, 6) is 0. The lowest BCUT2D eigenvalue weighted by Crippen LogP contribution is -2.53. The fraction of sp³-hybridized carbons (Fsp3) is 0.750. The van der Waals surface area contributed by atoms with Gasteiger partial charge < -0.3 is 24.1 Å². The molecule has 0 saturated carbocycles. The van der Waals surface area contributed by atoms with Crippen LogP contribution in [0.1, 0.15) is 53.9 Å². The Bertz CT molecular complexity index is 495. The minimum absolute atomic E-state index is 0.366. The van der Waals surface area contributed by atoms with Crippen molar-refractivity contribution in [1.29, 1.82) is 0 Å². The van der Waals surface area contributed by atoms with Crippen molar-refractivity contribution in [2.75, 3.05) is 11.4 Å². The van der Waals surface area contributed by atoms with Crippen molar-refractivity contribution < 1.29 is 19.2 Å². The summed E-state index contributed by atoms with van der Waals surface area (Å²) in [7, 11) is -1.20. The van der Waals surface area contributed by atoms with Gasteiger partial charge in [-0.2, -0.15) is 0 Å². The number of anilines is 1. The largest absolute Gasteiger partial charge is 0.529 e. The van der Waals surface area contributed by atoms with Crippen LogP contribution in [0.4, 0.5) is 5.69 Å². The third-order valence-electron chi connectivity index (χ3n) is 4.86. The normalized spacial score (nSPS) is 20.3. The zero-order valence-electron chi connectivity index (χ0n) is 14.3. The van der Waals surface area contributed by atoms with Crippen LogP contribution < -0.4 is 10.6 Å². The summed E-state index contributed by atoms with van der Waals surface area (Å²) < 4.78 is 11.1. The van der Waals surface area contributed by atoms with Crippen molar-refractivity contribution >= 4 is 18.5 Å². The molecule has 0 amide bonds. The molecule has 1 saturated heterocycles. The summed E-state index contributed by atoms with van der Waals surface area (Å²) in [6.45, 7) is 10.0. The minimum atomic E-state index is -1.20. The van der Waals surface area contributed by atoms with Crippen molar-refractivity contribution in [3.05, 3.63) is 12.3 Å². The van der Waals surface area contributed by atoms with E-state index in [1.54, 1.807) is 34.0 Å². The van der Waals surface area contributed by atoms with Gasteiger partial charge in [-0.25, -0.2) is 0 Å². The molecule has 0 radical (unpaired) electrons. The van der Waals surface area contributed by atoms with E-state index in [1.165, 1.54) is 19.3 Å². The summed E-state index contributed by atoms with van der Waals surface area (Å²) in [5, 5.41) is 20.4. The third-order valence-corrected chi connectivity index (χ3v) is 4.86. The van der Waals surface area contributed by atoms with Gasteiger partial charge in [0.15, 0.2) is 0 Å². The van der Waals surface area contributed by atoms with Gasteiger partial charge in [0.05, 0.1) is 16.9 Å². The molecule has 2 rings (SSSR count). The van der Waals surface area contributed by atoms with Crippen LogP contribution in [0, 0.1) is 0 Å². The van der Waals surface area contributed by atoms with Crippen molar-refractivity contribution in [1.82, 2.24) is 0 Å². The Balaban J connectivity index is 2.07. The van der Waals surface area contributed by atoms with Crippen LogP contribution in [0.15, 0.2) is 16.7 Å². The predicted molar refractivity (Wildman–Crippen MR) is 88.4 cm³/mol. The third kappa shape index (κ3) is 3.67. The molecule has 1 fully saturated rings. The van der Waals surface area contributed by atoms with Crippen molar-refractivity contribution in [3.63, 3.8) is 0 Å². The summed E-state index contributed by atoms with van der Waals surface area (Å²) in [6, 6.07) is 2.30. The number of piperidine rings is 1. The van der Waals surface area contributed by atoms with E-state index < -0.39 is 18.3 Å². The van der Waals surface area contributed by atoms with Crippen LogP contribution in [0.25, 0.3) is 0 Å². The smallest absolute Gasteiger partial charge is 0.471 e. The van der Waals surface area contributed by atoms with Crippen molar-refractivity contribution in [3.8, 4) is 0 Å². The number of rotatable bonds is 5. The van der Waals surface area contributed by atoms with Crippen molar-refractivity contribution in [2.45, 2.75) is 71.1 Å². The molecular formula is C16H28BNO4. The van der Waals surface area contributed by atoms with Gasteiger partial charge in [-0.3, -0.25) is 0 Å². The van der Waals surface area contributed by atoms with Gasteiger partial charge in [0.1, 0.15) is 11.9 Å². The first-order chi connectivity index (χ1) is 10.1. The molecule has 0 spiro atoms. The lowest BCUT2D eigenvalue weighted by molar-refractivity contribution is -0.0986. The molecule has 0 bridgehead atoms. The molecule has 2 heterocycles. The zero-order chi connectivity index (χ0) is 16.5. The monoisotopic (exact) mass is 309 g/mol. The molecule has 0 aliphatic carbocycles. The van der Waals surface area contributed by atoms with Crippen LogP contribution in [-0.2, 0) is 4.65 Å². The molecule has 22 heavy (non-hydrogen) atoms.